The molecule has 0 bridgehead atoms. The molecule has 1 atom stereocenters. The predicted octanol–water partition coefficient (Wildman–Crippen LogP) is 4.18. The summed E-state index contributed by atoms with van der Waals surface area (Å²) >= 11 is 0. The van der Waals surface area contributed by atoms with Crippen LogP contribution >= 0.6 is 0 Å². The first-order valence-corrected chi connectivity index (χ1v) is 12.4. The van der Waals surface area contributed by atoms with Crippen LogP contribution in [0.3, 0.4) is 0 Å². The molecular weight excluding hydrogens is 496 g/mol. The number of aryl methyl sites for hydroxylation is 1. The first-order chi connectivity index (χ1) is 18.9. The van der Waals surface area contributed by atoms with E-state index in [2.05, 4.69) is 20.4 Å². The molecule has 2 N–H and O–H groups in total. The molecule has 2 amide bonds. The minimum absolute atomic E-state index is 0.0809. The number of carbonyl (C=O) groups is 2. The lowest BCUT2D eigenvalue weighted by atomic mass is 10.1. The zero-order valence-corrected chi connectivity index (χ0v) is 21.0. The number of aromatic nitrogens is 4. The fourth-order valence-electron chi connectivity index (χ4n) is 4.64. The molecule has 1 aliphatic heterocycles. The Kier molecular flexibility index (Phi) is 6.12. The third-order valence-electron chi connectivity index (χ3n) is 6.54. The minimum Gasteiger partial charge on any atom is -0.463 e. The maximum absolute atomic E-state index is 13.4. The van der Waals surface area contributed by atoms with Crippen LogP contribution in [0.5, 0.6) is 0 Å². The Hall–Kier alpha value is -5.25. The number of furan rings is 1. The van der Waals surface area contributed by atoms with E-state index in [4.69, 9.17) is 4.42 Å². The SMILES string of the molecule is Cc1cccc(N2CC(C(=O)Nc3cc(-c4ccco4)nn3-c3nc(-c4ccccc4)cc(=O)[nH]3)CC2=O)c1. The van der Waals surface area contributed by atoms with Crippen LogP contribution in [0.1, 0.15) is 12.0 Å². The normalized spacial score (nSPS) is 15.1. The third-order valence-corrected chi connectivity index (χ3v) is 6.54. The Labute approximate surface area is 222 Å². The number of nitrogens with zero attached hydrogens (tertiary/aromatic N) is 4. The van der Waals surface area contributed by atoms with Gasteiger partial charge in [0.05, 0.1) is 17.9 Å². The number of hydrogen-bond donors (Lipinski definition) is 2. The number of rotatable bonds is 6. The number of H-pyrrole nitrogens is 1. The fourth-order valence-corrected chi connectivity index (χ4v) is 4.64. The molecule has 10 nitrogen and oxygen atoms in total. The van der Waals surface area contributed by atoms with Gasteiger partial charge in [0, 0.05) is 36.3 Å². The highest BCUT2D eigenvalue weighted by Gasteiger charge is 2.35. The first-order valence-electron chi connectivity index (χ1n) is 12.4. The molecule has 4 heterocycles. The van der Waals surface area contributed by atoms with Crippen molar-refractivity contribution in [2.45, 2.75) is 13.3 Å². The van der Waals surface area contributed by atoms with Gasteiger partial charge in [-0.05, 0) is 36.8 Å². The summed E-state index contributed by atoms with van der Waals surface area (Å²) < 4.78 is 6.86. The average molecular weight is 521 g/mol. The molecule has 194 valence electrons. The first kappa shape index (κ1) is 24.1. The molecule has 0 aliphatic carbocycles. The van der Waals surface area contributed by atoms with Crippen molar-refractivity contribution in [2.75, 3.05) is 16.8 Å². The molecule has 6 rings (SSSR count). The average Bonchev–Trinajstić information content (AvgIpc) is 3.69. The van der Waals surface area contributed by atoms with E-state index < -0.39 is 5.92 Å². The standard InChI is InChI=1S/C29H24N6O4/c1-18-7-5-10-21(13-18)34-17-20(14-27(34)37)28(38)31-25-15-23(24-11-6-12-39-24)33-35(25)29-30-22(16-26(36)32-29)19-8-3-2-4-9-19/h2-13,15-16,20H,14,17H2,1H3,(H,31,38)(H,30,32,36). The second-order valence-corrected chi connectivity index (χ2v) is 9.36. The molecule has 2 aromatic carbocycles. The van der Waals surface area contributed by atoms with Gasteiger partial charge in [-0.2, -0.15) is 9.78 Å². The van der Waals surface area contributed by atoms with Crippen molar-refractivity contribution in [3.8, 4) is 28.7 Å². The lowest BCUT2D eigenvalue weighted by Gasteiger charge is -2.17. The molecule has 1 saturated heterocycles. The number of aromatic amines is 1. The summed E-state index contributed by atoms with van der Waals surface area (Å²) in [6.45, 7) is 2.21. The minimum atomic E-state index is -0.573. The largest absolute Gasteiger partial charge is 0.463 e. The maximum Gasteiger partial charge on any atom is 0.252 e. The monoisotopic (exact) mass is 520 g/mol. The van der Waals surface area contributed by atoms with E-state index >= 15 is 0 Å². The van der Waals surface area contributed by atoms with Crippen LogP contribution in [0, 0.1) is 12.8 Å². The lowest BCUT2D eigenvalue weighted by molar-refractivity contribution is -0.122. The van der Waals surface area contributed by atoms with Crippen LogP contribution < -0.4 is 15.8 Å². The van der Waals surface area contributed by atoms with Gasteiger partial charge in [0.1, 0.15) is 11.5 Å². The number of anilines is 2. The van der Waals surface area contributed by atoms with Crippen molar-refractivity contribution < 1.29 is 14.0 Å². The Morgan fingerprint density at radius 1 is 1.00 bits per heavy atom. The van der Waals surface area contributed by atoms with Crippen molar-refractivity contribution in [2.24, 2.45) is 5.92 Å². The van der Waals surface area contributed by atoms with Gasteiger partial charge in [0.25, 0.3) is 5.56 Å². The van der Waals surface area contributed by atoms with E-state index in [-0.39, 0.29) is 42.1 Å². The van der Waals surface area contributed by atoms with Gasteiger partial charge < -0.3 is 14.6 Å². The van der Waals surface area contributed by atoms with Gasteiger partial charge in [-0.25, -0.2) is 4.98 Å². The topological polar surface area (TPSA) is 126 Å². The van der Waals surface area contributed by atoms with Crippen molar-refractivity contribution in [3.05, 3.63) is 101 Å². The second kappa shape index (κ2) is 9.90. The van der Waals surface area contributed by atoms with Gasteiger partial charge in [0.15, 0.2) is 5.76 Å². The molecule has 3 aromatic heterocycles. The highest BCUT2D eigenvalue weighted by atomic mass is 16.3. The molecule has 1 aliphatic rings. The second-order valence-electron chi connectivity index (χ2n) is 9.36. The molecule has 39 heavy (non-hydrogen) atoms. The van der Waals surface area contributed by atoms with Gasteiger partial charge in [-0.15, -0.1) is 0 Å². The van der Waals surface area contributed by atoms with E-state index in [9.17, 15) is 14.4 Å². The Bertz CT molecular complexity index is 1720. The van der Waals surface area contributed by atoms with Gasteiger partial charge in [-0.1, -0.05) is 42.5 Å². The summed E-state index contributed by atoms with van der Waals surface area (Å²) in [4.78, 5) is 47.7. The van der Waals surface area contributed by atoms with Crippen LogP contribution in [0.4, 0.5) is 11.5 Å². The molecule has 1 fully saturated rings. The Balaban J connectivity index is 1.33. The summed E-state index contributed by atoms with van der Waals surface area (Å²) in [6.07, 6.45) is 1.60. The maximum atomic E-state index is 13.4. The van der Waals surface area contributed by atoms with Crippen LogP contribution in [-0.4, -0.2) is 38.1 Å². The van der Waals surface area contributed by atoms with Crippen LogP contribution in [0.2, 0.25) is 0 Å². The lowest BCUT2D eigenvalue weighted by Crippen LogP contribution is -2.29. The summed E-state index contributed by atoms with van der Waals surface area (Å²) in [6, 6.07) is 23.4. The molecule has 0 saturated carbocycles. The molecular formula is C29H24N6O4. The Morgan fingerprint density at radius 3 is 2.62 bits per heavy atom. The van der Waals surface area contributed by atoms with Gasteiger partial charge in [0.2, 0.25) is 17.8 Å². The number of amides is 2. The molecule has 5 aromatic rings. The van der Waals surface area contributed by atoms with Crippen molar-refractivity contribution in [3.63, 3.8) is 0 Å². The summed E-state index contributed by atoms with van der Waals surface area (Å²) in [7, 11) is 0. The zero-order valence-electron chi connectivity index (χ0n) is 21.0. The van der Waals surface area contributed by atoms with Crippen LogP contribution in [0.25, 0.3) is 28.7 Å². The van der Waals surface area contributed by atoms with Crippen LogP contribution in [0.15, 0.2) is 94.3 Å². The van der Waals surface area contributed by atoms with E-state index in [0.717, 1.165) is 16.8 Å². The summed E-state index contributed by atoms with van der Waals surface area (Å²) in [5, 5.41) is 7.46. The van der Waals surface area contributed by atoms with Gasteiger partial charge >= 0.3 is 0 Å². The smallest absolute Gasteiger partial charge is 0.252 e. The quantitative estimate of drug-likeness (QED) is 0.346. The van der Waals surface area contributed by atoms with Crippen molar-refractivity contribution in [1.82, 2.24) is 19.7 Å². The van der Waals surface area contributed by atoms with E-state index in [1.165, 1.54) is 17.0 Å². The number of hydrogen-bond acceptors (Lipinski definition) is 6. The number of benzene rings is 2. The summed E-state index contributed by atoms with van der Waals surface area (Å²) in [5.74, 6) is -0.151. The number of nitrogens with one attached hydrogen (secondary N) is 2. The highest BCUT2D eigenvalue weighted by molar-refractivity contribution is 6.03. The molecule has 0 spiro atoms. The fraction of sp³-hybridized carbons (Fsp3) is 0.138. The third kappa shape index (κ3) is 4.87. The molecule has 10 heteroatoms. The van der Waals surface area contributed by atoms with Crippen LogP contribution in [-0.2, 0) is 9.59 Å². The number of carbonyl (C=O) groups excluding carboxylic acids is 2. The van der Waals surface area contributed by atoms with E-state index in [0.29, 0.717) is 17.1 Å². The van der Waals surface area contributed by atoms with Gasteiger partial charge in [-0.3, -0.25) is 19.4 Å². The van der Waals surface area contributed by atoms with Crippen molar-refractivity contribution >= 4 is 23.3 Å². The summed E-state index contributed by atoms with van der Waals surface area (Å²) in [5.41, 5.74) is 3.07. The highest BCUT2D eigenvalue weighted by Crippen LogP contribution is 2.29. The van der Waals surface area contributed by atoms with E-state index in [1.54, 1.807) is 23.1 Å². The predicted molar refractivity (Wildman–Crippen MR) is 145 cm³/mol. The zero-order chi connectivity index (χ0) is 26.9. The molecule has 0 radical (unpaired) electrons. The van der Waals surface area contributed by atoms with E-state index in [1.807, 2.05) is 61.5 Å². The Morgan fingerprint density at radius 2 is 1.85 bits per heavy atom. The molecule has 1 unspecified atom stereocenters. The van der Waals surface area contributed by atoms with Crippen molar-refractivity contribution in [1.29, 1.82) is 0 Å².